The number of nitrogens with one attached hydrogen (secondary N) is 3. The van der Waals surface area contributed by atoms with Crippen LogP contribution in [0.3, 0.4) is 0 Å². The molecule has 8 nitrogen and oxygen atoms in total. The lowest BCUT2D eigenvalue weighted by atomic mass is 9.87. The maximum Gasteiger partial charge on any atom is 0.225 e. The fourth-order valence-electron chi connectivity index (χ4n) is 4.48. The summed E-state index contributed by atoms with van der Waals surface area (Å²) in [5.41, 5.74) is 3.74. The minimum Gasteiger partial charge on any atom is -0.355 e. The average Bonchev–Trinajstić information content (AvgIpc) is 3.26. The van der Waals surface area contributed by atoms with Gasteiger partial charge in [-0.05, 0) is 49.3 Å². The first-order valence-electron chi connectivity index (χ1n) is 11.9. The molecule has 2 saturated heterocycles. The molecule has 1 atom stereocenters. The summed E-state index contributed by atoms with van der Waals surface area (Å²) in [6.07, 6.45) is 4.52. The Morgan fingerprint density at radius 3 is 2.55 bits per heavy atom. The van der Waals surface area contributed by atoms with Gasteiger partial charge in [-0.15, -0.1) is 0 Å². The molecule has 1 aromatic carbocycles. The maximum absolute atomic E-state index is 12.2. The fourth-order valence-corrected chi connectivity index (χ4v) is 4.48. The first-order valence-corrected chi connectivity index (χ1v) is 11.9. The van der Waals surface area contributed by atoms with Crippen LogP contribution >= 0.6 is 0 Å². The van der Waals surface area contributed by atoms with Gasteiger partial charge in [-0.25, -0.2) is 9.97 Å². The van der Waals surface area contributed by atoms with Gasteiger partial charge in [-0.2, -0.15) is 0 Å². The standard InChI is InChI=1S/C25H34N6O2/c1-16(2)19-8-10-31(11-9-19)25-28-15-22(17(3)29-25)30-21-6-4-18(5-7-21)13-27-24(33)20-12-23(32)26-14-20/h4-7,15-16,19-20,30H,8-14H2,1-3H3,(H,26,32)(H,27,33). The predicted molar refractivity (Wildman–Crippen MR) is 129 cm³/mol. The molecule has 0 bridgehead atoms. The molecule has 0 spiro atoms. The van der Waals surface area contributed by atoms with Gasteiger partial charge in [0.05, 0.1) is 23.5 Å². The topological polar surface area (TPSA) is 99.2 Å². The second-order valence-corrected chi connectivity index (χ2v) is 9.48. The van der Waals surface area contributed by atoms with E-state index < -0.39 is 0 Å². The van der Waals surface area contributed by atoms with Crippen LogP contribution in [0.4, 0.5) is 17.3 Å². The summed E-state index contributed by atoms with van der Waals surface area (Å²) in [5.74, 6) is 1.92. The Hall–Kier alpha value is -3.16. The molecule has 0 radical (unpaired) electrons. The Balaban J connectivity index is 1.30. The van der Waals surface area contributed by atoms with Crippen LogP contribution in [0.5, 0.6) is 0 Å². The van der Waals surface area contributed by atoms with E-state index in [1.807, 2.05) is 37.4 Å². The van der Waals surface area contributed by atoms with Gasteiger partial charge in [-0.1, -0.05) is 26.0 Å². The predicted octanol–water partition coefficient (Wildman–Crippen LogP) is 3.15. The largest absolute Gasteiger partial charge is 0.355 e. The van der Waals surface area contributed by atoms with Crippen LogP contribution in [0.15, 0.2) is 30.5 Å². The van der Waals surface area contributed by atoms with Gasteiger partial charge in [0.25, 0.3) is 0 Å². The maximum atomic E-state index is 12.2. The Bertz CT molecular complexity index is 983. The van der Waals surface area contributed by atoms with Crippen molar-refractivity contribution in [1.29, 1.82) is 0 Å². The van der Waals surface area contributed by atoms with Crippen LogP contribution in [-0.2, 0) is 16.1 Å². The molecule has 33 heavy (non-hydrogen) atoms. The van der Waals surface area contributed by atoms with Crippen LogP contribution in [0.1, 0.15) is 44.4 Å². The van der Waals surface area contributed by atoms with Gasteiger partial charge in [0.1, 0.15) is 0 Å². The van der Waals surface area contributed by atoms with Gasteiger partial charge < -0.3 is 20.9 Å². The highest BCUT2D eigenvalue weighted by atomic mass is 16.2. The van der Waals surface area contributed by atoms with Gasteiger partial charge in [0.15, 0.2) is 0 Å². The molecule has 1 unspecified atom stereocenters. The quantitative estimate of drug-likeness (QED) is 0.599. The Morgan fingerprint density at radius 1 is 1.21 bits per heavy atom. The number of anilines is 3. The van der Waals surface area contributed by atoms with E-state index in [9.17, 15) is 9.59 Å². The summed E-state index contributed by atoms with van der Waals surface area (Å²) < 4.78 is 0. The molecule has 3 heterocycles. The highest BCUT2D eigenvalue weighted by molar-refractivity contribution is 5.89. The third kappa shape index (κ3) is 5.80. The highest BCUT2D eigenvalue weighted by Gasteiger charge is 2.27. The van der Waals surface area contributed by atoms with E-state index in [4.69, 9.17) is 4.98 Å². The number of hydrogen-bond acceptors (Lipinski definition) is 6. The van der Waals surface area contributed by atoms with E-state index >= 15 is 0 Å². The number of amides is 2. The number of nitrogens with zero attached hydrogens (tertiary/aromatic N) is 3. The smallest absolute Gasteiger partial charge is 0.225 e. The minimum absolute atomic E-state index is 0.0615. The van der Waals surface area contributed by atoms with Gasteiger partial charge in [0, 0.05) is 38.3 Å². The summed E-state index contributed by atoms with van der Waals surface area (Å²) in [5, 5.41) is 8.99. The highest BCUT2D eigenvalue weighted by Crippen LogP contribution is 2.27. The van der Waals surface area contributed by atoms with Crippen LogP contribution in [-0.4, -0.2) is 41.4 Å². The third-order valence-electron chi connectivity index (χ3n) is 6.78. The van der Waals surface area contributed by atoms with E-state index in [-0.39, 0.29) is 24.2 Å². The van der Waals surface area contributed by atoms with Gasteiger partial charge >= 0.3 is 0 Å². The van der Waals surface area contributed by atoms with Crippen molar-refractivity contribution >= 4 is 29.1 Å². The fraction of sp³-hybridized carbons (Fsp3) is 0.520. The molecule has 1 aromatic heterocycles. The number of piperidine rings is 1. The zero-order chi connectivity index (χ0) is 23.4. The second kappa shape index (κ2) is 10.2. The van der Waals surface area contributed by atoms with Crippen molar-refractivity contribution in [1.82, 2.24) is 20.6 Å². The van der Waals surface area contributed by atoms with Crippen LogP contribution < -0.4 is 20.9 Å². The Kier molecular flexibility index (Phi) is 7.11. The van der Waals surface area contributed by atoms with E-state index in [0.29, 0.717) is 13.1 Å². The van der Waals surface area contributed by atoms with Gasteiger partial charge in [0.2, 0.25) is 17.8 Å². The van der Waals surface area contributed by atoms with Crippen molar-refractivity contribution in [2.45, 2.75) is 46.6 Å². The van der Waals surface area contributed by atoms with Crippen molar-refractivity contribution in [3.63, 3.8) is 0 Å². The van der Waals surface area contributed by atoms with Crippen LogP contribution in [0.25, 0.3) is 0 Å². The lowest BCUT2D eigenvalue weighted by Gasteiger charge is -2.34. The number of benzene rings is 1. The average molecular weight is 451 g/mol. The molecule has 2 aromatic rings. The molecule has 8 heteroatoms. The summed E-state index contributed by atoms with van der Waals surface area (Å²) in [4.78, 5) is 35.1. The lowest BCUT2D eigenvalue weighted by molar-refractivity contribution is -0.126. The first kappa shape index (κ1) is 23.0. The SMILES string of the molecule is Cc1nc(N2CCC(C(C)C)CC2)ncc1Nc1ccc(CNC(=O)C2CNC(=O)C2)cc1. The second-order valence-electron chi connectivity index (χ2n) is 9.48. The summed E-state index contributed by atoms with van der Waals surface area (Å²) in [6, 6.07) is 7.91. The molecular weight excluding hydrogens is 416 g/mol. The summed E-state index contributed by atoms with van der Waals surface area (Å²) in [6.45, 7) is 9.50. The molecule has 176 valence electrons. The van der Waals surface area contributed by atoms with E-state index in [1.165, 1.54) is 12.8 Å². The lowest BCUT2D eigenvalue weighted by Crippen LogP contribution is -2.36. The number of carbonyl (C=O) groups excluding carboxylic acids is 2. The molecule has 2 amide bonds. The van der Waals surface area contributed by atoms with Crippen molar-refractivity contribution in [3.8, 4) is 0 Å². The van der Waals surface area contributed by atoms with Crippen molar-refractivity contribution in [3.05, 3.63) is 41.7 Å². The monoisotopic (exact) mass is 450 g/mol. The molecule has 2 aliphatic heterocycles. The normalized spacial score (nSPS) is 19.0. The molecule has 0 saturated carbocycles. The number of aryl methyl sites for hydroxylation is 1. The summed E-state index contributed by atoms with van der Waals surface area (Å²) in [7, 11) is 0. The van der Waals surface area contributed by atoms with Crippen LogP contribution in [0.2, 0.25) is 0 Å². The molecule has 3 N–H and O–H groups in total. The van der Waals surface area contributed by atoms with E-state index in [1.54, 1.807) is 0 Å². The number of aromatic nitrogens is 2. The summed E-state index contributed by atoms with van der Waals surface area (Å²) >= 11 is 0. The van der Waals surface area contributed by atoms with E-state index in [0.717, 1.165) is 53.5 Å². The molecule has 0 aliphatic carbocycles. The van der Waals surface area contributed by atoms with E-state index in [2.05, 4.69) is 39.7 Å². The van der Waals surface area contributed by atoms with Gasteiger partial charge in [-0.3, -0.25) is 9.59 Å². The molecule has 2 fully saturated rings. The number of rotatable bonds is 7. The number of hydrogen-bond donors (Lipinski definition) is 3. The minimum atomic E-state index is -0.272. The Morgan fingerprint density at radius 2 is 1.94 bits per heavy atom. The zero-order valence-corrected chi connectivity index (χ0v) is 19.7. The third-order valence-corrected chi connectivity index (χ3v) is 6.78. The van der Waals surface area contributed by atoms with Crippen molar-refractivity contribution < 1.29 is 9.59 Å². The molecule has 2 aliphatic rings. The Labute approximate surface area is 195 Å². The first-order chi connectivity index (χ1) is 15.9. The van der Waals surface area contributed by atoms with Crippen LogP contribution in [0, 0.1) is 24.7 Å². The molecular formula is C25H34N6O2. The number of carbonyl (C=O) groups is 2. The van der Waals surface area contributed by atoms with Crippen molar-refractivity contribution in [2.75, 3.05) is 29.9 Å². The molecule has 4 rings (SSSR count). The zero-order valence-electron chi connectivity index (χ0n) is 19.7. The van der Waals surface area contributed by atoms with Crippen molar-refractivity contribution in [2.24, 2.45) is 17.8 Å².